The Hall–Kier alpha value is -2.93. The lowest BCUT2D eigenvalue weighted by atomic mass is 9.69. The summed E-state index contributed by atoms with van der Waals surface area (Å²) in [4.78, 5) is 3.51. The molecule has 0 bridgehead atoms. The molecule has 0 radical (unpaired) electrons. The molecule has 0 saturated carbocycles. The highest BCUT2D eigenvalue weighted by Gasteiger charge is 2.38. The lowest BCUT2D eigenvalue weighted by Gasteiger charge is -2.31. The molecule has 1 aliphatic rings. The molecule has 0 spiro atoms. The maximum absolute atomic E-state index is 10.0. The van der Waals surface area contributed by atoms with E-state index in [4.69, 9.17) is 9.47 Å². The number of methoxy groups -OCH3 is 2. The maximum Gasteiger partial charge on any atom is 0.119 e. The number of aromatic amines is 1. The van der Waals surface area contributed by atoms with Crippen molar-refractivity contribution in [3.8, 4) is 17.6 Å². The third-order valence-electron chi connectivity index (χ3n) is 5.34. The molecule has 0 aliphatic heterocycles. The maximum atomic E-state index is 10.0. The molecule has 3 aromatic rings. The van der Waals surface area contributed by atoms with Crippen LogP contribution in [0, 0.1) is 11.3 Å². The second-order valence-electron chi connectivity index (χ2n) is 6.59. The minimum atomic E-state index is -0.503. The normalized spacial score (nSPS) is 19.2. The van der Waals surface area contributed by atoms with Crippen molar-refractivity contribution in [2.24, 2.45) is 0 Å². The average molecular weight is 332 g/mol. The SMILES string of the molecule is COc1ccc(C2(C#N)CCc3[nH]c4ccc(OC)cc4c3C2)cc1. The van der Waals surface area contributed by atoms with E-state index in [-0.39, 0.29) is 0 Å². The van der Waals surface area contributed by atoms with Crippen molar-refractivity contribution in [1.29, 1.82) is 5.26 Å². The lowest BCUT2D eigenvalue weighted by Crippen LogP contribution is -2.31. The molecule has 4 heteroatoms. The molecule has 1 aromatic heterocycles. The van der Waals surface area contributed by atoms with Gasteiger partial charge in [-0.2, -0.15) is 5.26 Å². The van der Waals surface area contributed by atoms with Gasteiger partial charge in [-0.05, 0) is 60.7 Å². The Morgan fingerprint density at radius 2 is 1.76 bits per heavy atom. The van der Waals surface area contributed by atoms with E-state index in [1.54, 1.807) is 14.2 Å². The Labute approximate surface area is 147 Å². The van der Waals surface area contributed by atoms with Crippen LogP contribution in [0.4, 0.5) is 0 Å². The number of aromatic nitrogens is 1. The lowest BCUT2D eigenvalue weighted by molar-refractivity contribution is 0.413. The van der Waals surface area contributed by atoms with Crippen molar-refractivity contribution in [3.63, 3.8) is 0 Å². The summed E-state index contributed by atoms with van der Waals surface area (Å²) in [5.41, 5.74) is 4.13. The number of nitrogens with one attached hydrogen (secondary N) is 1. The first-order chi connectivity index (χ1) is 12.2. The molecule has 0 amide bonds. The molecular weight excluding hydrogens is 312 g/mol. The van der Waals surface area contributed by atoms with Gasteiger partial charge in [-0.15, -0.1) is 0 Å². The number of fused-ring (bicyclic) bond motifs is 3. The summed E-state index contributed by atoms with van der Waals surface area (Å²) in [6.45, 7) is 0. The molecule has 4 nitrogen and oxygen atoms in total. The average Bonchev–Trinajstić information content (AvgIpc) is 3.04. The molecule has 126 valence electrons. The zero-order valence-electron chi connectivity index (χ0n) is 14.4. The fraction of sp³-hybridized carbons (Fsp3) is 0.286. The molecule has 1 unspecified atom stereocenters. The van der Waals surface area contributed by atoms with Crippen molar-refractivity contribution in [2.45, 2.75) is 24.7 Å². The molecule has 0 fully saturated rings. The van der Waals surface area contributed by atoms with Gasteiger partial charge in [0.2, 0.25) is 0 Å². The van der Waals surface area contributed by atoms with Gasteiger partial charge in [-0.25, -0.2) is 0 Å². The van der Waals surface area contributed by atoms with Crippen LogP contribution in [-0.4, -0.2) is 19.2 Å². The van der Waals surface area contributed by atoms with Crippen LogP contribution in [0.2, 0.25) is 0 Å². The monoisotopic (exact) mass is 332 g/mol. The minimum absolute atomic E-state index is 0.503. The Bertz CT molecular complexity index is 966. The van der Waals surface area contributed by atoms with Gasteiger partial charge in [0, 0.05) is 16.6 Å². The molecular formula is C21H20N2O2. The molecule has 2 aromatic carbocycles. The van der Waals surface area contributed by atoms with Crippen LogP contribution in [0.25, 0.3) is 10.9 Å². The second-order valence-corrected chi connectivity index (χ2v) is 6.59. The molecule has 4 rings (SSSR count). The Kier molecular flexibility index (Phi) is 3.65. The van der Waals surface area contributed by atoms with Crippen LogP contribution in [0.15, 0.2) is 42.5 Å². The number of ether oxygens (including phenoxy) is 2. The molecule has 1 atom stereocenters. The van der Waals surface area contributed by atoms with E-state index >= 15 is 0 Å². The van der Waals surface area contributed by atoms with E-state index in [9.17, 15) is 5.26 Å². The van der Waals surface area contributed by atoms with Crippen LogP contribution in [0.3, 0.4) is 0 Å². The second kappa shape index (κ2) is 5.86. The van der Waals surface area contributed by atoms with Crippen molar-refractivity contribution < 1.29 is 9.47 Å². The van der Waals surface area contributed by atoms with Gasteiger partial charge in [-0.1, -0.05) is 12.1 Å². The van der Waals surface area contributed by atoms with Gasteiger partial charge in [-0.3, -0.25) is 0 Å². The quantitative estimate of drug-likeness (QED) is 0.784. The van der Waals surface area contributed by atoms with E-state index in [0.717, 1.165) is 40.8 Å². The van der Waals surface area contributed by atoms with Crippen LogP contribution >= 0.6 is 0 Å². The minimum Gasteiger partial charge on any atom is -0.497 e. The van der Waals surface area contributed by atoms with Gasteiger partial charge in [0.05, 0.1) is 25.7 Å². The third-order valence-corrected chi connectivity index (χ3v) is 5.34. The predicted molar refractivity (Wildman–Crippen MR) is 97.2 cm³/mol. The van der Waals surface area contributed by atoms with Crippen LogP contribution in [-0.2, 0) is 18.3 Å². The molecule has 25 heavy (non-hydrogen) atoms. The summed E-state index contributed by atoms with van der Waals surface area (Å²) in [7, 11) is 3.33. The third kappa shape index (κ3) is 2.44. The number of hydrogen-bond acceptors (Lipinski definition) is 3. The number of nitrogens with zero attached hydrogens (tertiary/aromatic N) is 1. The Morgan fingerprint density at radius 1 is 1.04 bits per heavy atom. The van der Waals surface area contributed by atoms with E-state index in [0.29, 0.717) is 6.42 Å². The first-order valence-corrected chi connectivity index (χ1v) is 8.42. The molecule has 1 aliphatic carbocycles. The number of nitriles is 1. The number of H-pyrrole nitrogens is 1. The largest absolute Gasteiger partial charge is 0.497 e. The highest BCUT2D eigenvalue weighted by Crippen LogP contribution is 2.41. The smallest absolute Gasteiger partial charge is 0.119 e. The fourth-order valence-electron chi connectivity index (χ4n) is 3.87. The van der Waals surface area contributed by atoms with Crippen molar-refractivity contribution >= 4 is 10.9 Å². The van der Waals surface area contributed by atoms with E-state index in [1.165, 1.54) is 11.3 Å². The number of rotatable bonds is 3. The summed E-state index contributed by atoms with van der Waals surface area (Å²) >= 11 is 0. The van der Waals surface area contributed by atoms with Crippen molar-refractivity contribution in [3.05, 3.63) is 59.3 Å². The summed E-state index contributed by atoms with van der Waals surface area (Å²) in [5.74, 6) is 1.65. The highest BCUT2D eigenvalue weighted by atomic mass is 16.5. The zero-order valence-corrected chi connectivity index (χ0v) is 14.4. The summed E-state index contributed by atoms with van der Waals surface area (Å²) in [6.07, 6.45) is 2.39. The number of benzene rings is 2. The standard InChI is InChI=1S/C21H20N2O2/c1-24-15-5-3-14(4-6-15)21(13-22)10-9-20-18(12-21)17-11-16(25-2)7-8-19(17)23-20/h3-8,11,23H,9-10,12H2,1-2H3. The summed E-state index contributed by atoms with van der Waals surface area (Å²) in [6, 6.07) is 16.6. The molecule has 1 N–H and O–H groups in total. The Morgan fingerprint density at radius 3 is 2.44 bits per heavy atom. The van der Waals surface area contributed by atoms with Gasteiger partial charge in [0.15, 0.2) is 0 Å². The Balaban J connectivity index is 1.80. The number of hydrogen-bond donors (Lipinski definition) is 1. The first kappa shape index (κ1) is 15.6. The zero-order chi connectivity index (χ0) is 17.4. The number of aryl methyl sites for hydroxylation is 1. The van der Waals surface area contributed by atoms with Crippen LogP contribution in [0.5, 0.6) is 11.5 Å². The van der Waals surface area contributed by atoms with Gasteiger partial charge >= 0.3 is 0 Å². The van der Waals surface area contributed by atoms with Crippen LogP contribution in [0.1, 0.15) is 23.2 Å². The summed E-state index contributed by atoms with van der Waals surface area (Å²) in [5, 5.41) is 11.2. The van der Waals surface area contributed by atoms with Crippen molar-refractivity contribution in [1.82, 2.24) is 4.98 Å². The summed E-state index contributed by atoms with van der Waals surface area (Å²) < 4.78 is 10.6. The highest BCUT2D eigenvalue weighted by molar-refractivity contribution is 5.86. The first-order valence-electron chi connectivity index (χ1n) is 8.42. The van der Waals surface area contributed by atoms with E-state index < -0.39 is 5.41 Å². The van der Waals surface area contributed by atoms with Gasteiger partial charge in [0.25, 0.3) is 0 Å². The topological polar surface area (TPSA) is 58.0 Å². The predicted octanol–water partition coefficient (Wildman–Crippen LogP) is 4.14. The van der Waals surface area contributed by atoms with E-state index in [2.05, 4.69) is 17.1 Å². The van der Waals surface area contributed by atoms with Crippen molar-refractivity contribution in [2.75, 3.05) is 14.2 Å². The molecule has 0 saturated heterocycles. The van der Waals surface area contributed by atoms with Gasteiger partial charge in [0.1, 0.15) is 11.5 Å². The van der Waals surface area contributed by atoms with E-state index in [1.807, 2.05) is 36.4 Å². The van der Waals surface area contributed by atoms with Gasteiger partial charge < -0.3 is 14.5 Å². The fourth-order valence-corrected chi connectivity index (χ4v) is 3.87. The van der Waals surface area contributed by atoms with Crippen LogP contribution < -0.4 is 9.47 Å². The molecule has 1 heterocycles.